The van der Waals surface area contributed by atoms with E-state index in [4.69, 9.17) is 9.84 Å². The second-order valence-corrected chi connectivity index (χ2v) is 8.87. The highest BCUT2D eigenvalue weighted by molar-refractivity contribution is 8.05. The molecule has 0 radical (unpaired) electrons. The smallest absolute Gasteiger partial charge is 0.336 e. The number of rotatable bonds is 2. The van der Waals surface area contributed by atoms with Gasteiger partial charge >= 0.3 is 5.18 Å². The first-order chi connectivity index (χ1) is 15.2. The summed E-state index contributed by atoms with van der Waals surface area (Å²) < 4.78 is 6.43. The predicted octanol–water partition coefficient (Wildman–Crippen LogP) is 4.75. The molecule has 0 aliphatic carbocycles. The fraction of sp³-hybridized carbons (Fsp3) is 0.120. The summed E-state index contributed by atoms with van der Waals surface area (Å²) >= 11 is 1.37. The van der Waals surface area contributed by atoms with Crippen LogP contribution < -0.4 is 10.1 Å². The molecular weight excluding hydrogens is 406 g/mol. The van der Waals surface area contributed by atoms with Gasteiger partial charge in [-0.05, 0) is 35.0 Å². The van der Waals surface area contributed by atoms with E-state index in [1.807, 2.05) is 77.8 Å². The Balaban J connectivity index is 1.43. The van der Waals surface area contributed by atoms with Crippen LogP contribution in [0.5, 0.6) is 5.75 Å². The quantitative estimate of drug-likeness (QED) is 0.603. The molecule has 1 spiro atoms. The number of fused-ring (bicyclic) bond motifs is 4. The molecule has 5 nitrogen and oxygen atoms in total. The van der Waals surface area contributed by atoms with Crippen molar-refractivity contribution in [3.05, 3.63) is 107 Å². The fourth-order valence-corrected chi connectivity index (χ4v) is 5.42. The number of benzene rings is 3. The van der Waals surface area contributed by atoms with Gasteiger partial charge in [0.25, 0.3) is 5.91 Å². The van der Waals surface area contributed by atoms with Crippen molar-refractivity contribution < 1.29 is 9.53 Å². The average molecular weight is 426 g/mol. The first-order valence-electron chi connectivity index (χ1n) is 10.2. The van der Waals surface area contributed by atoms with Crippen LogP contribution in [0.4, 0.5) is 0 Å². The summed E-state index contributed by atoms with van der Waals surface area (Å²) in [6.07, 6.45) is 2.64. The maximum atomic E-state index is 12.9. The molecule has 3 heterocycles. The van der Waals surface area contributed by atoms with Gasteiger partial charge in [-0.1, -0.05) is 78.9 Å². The molecule has 3 aliphatic heterocycles. The fourth-order valence-electron chi connectivity index (χ4n) is 4.25. The van der Waals surface area contributed by atoms with Gasteiger partial charge in [0.15, 0.2) is 0 Å². The standard InChI is InChI=1S/C25H19N3O2S/c29-24-23(15-17-9-3-1-4-10-17)31-25(26-24)28-21(19-13-7-8-14-22(19)30-25)16-20(27-28)18-11-5-2-6-12-18/h1-15,21H,16H2,(H,26,29)/b23-15-/t21-,25+/m0/s1. The first kappa shape index (κ1) is 18.3. The molecule has 0 bridgehead atoms. The van der Waals surface area contributed by atoms with Crippen LogP contribution in [0.2, 0.25) is 0 Å². The van der Waals surface area contributed by atoms with E-state index in [2.05, 4.69) is 23.5 Å². The van der Waals surface area contributed by atoms with E-state index >= 15 is 0 Å². The summed E-state index contributed by atoms with van der Waals surface area (Å²) in [4.78, 5) is 13.6. The monoisotopic (exact) mass is 425 g/mol. The summed E-state index contributed by atoms with van der Waals surface area (Å²) in [6, 6.07) is 28.0. The molecule has 1 fully saturated rings. The highest BCUT2D eigenvalue weighted by Gasteiger charge is 2.57. The first-order valence-corrected chi connectivity index (χ1v) is 11.0. The highest BCUT2D eigenvalue weighted by atomic mass is 32.2. The zero-order valence-electron chi connectivity index (χ0n) is 16.6. The molecule has 1 N–H and O–H groups in total. The SMILES string of the molecule is O=C1N[C@@]2(Oc3ccccc3[C@@H]3CC(c4ccccc4)=NN32)S/C1=C\c1ccccc1. The van der Waals surface area contributed by atoms with Gasteiger partial charge in [0.1, 0.15) is 5.75 Å². The van der Waals surface area contributed by atoms with Gasteiger partial charge in [-0.25, -0.2) is 5.01 Å². The Labute approximate surface area is 184 Å². The van der Waals surface area contributed by atoms with Crippen LogP contribution in [-0.2, 0) is 4.79 Å². The van der Waals surface area contributed by atoms with Crippen LogP contribution in [0.3, 0.4) is 0 Å². The van der Waals surface area contributed by atoms with Gasteiger partial charge in [0.2, 0.25) is 0 Å². The van der Waals surface area contributed by atoms with Crippen molar-refractivity contribution >= 4 is 29.5 Å². The van der Waals surface area contributed by atoms with Crippen molar-refractivity contribution in [2.45, 2.75) is 17.6 Å². The van der Waals surface area contributed by atoms with Crippen molar-refractivity contribution in [1.82, 2.24) is 10.3 Å². The molecular formula is C25H19N3O2S. The van der Waals surface area contributed by atoms with E-state index in [1.165, 1.54) is 11.8 Å². The van der Waals surface area contributed by atoms with Gasteiger partial charge < -0.3 is 4.74 Å². The number of para-hydroxylation sites is 1. The van der Waals surface area contributed by atoms with Crippen LogP contribution in [-0.4, -0.2) is 21.8 Å². The number of hydrogen-bond donors (Lipinski definition) is 1. The normalized spacial score (nSPS) is 25.1. The molecule has 6 heteroatoms. The average Bonchev–Trinajstić information content (AvgIpc) is 3.39. The van der Waals surface area contributed by atoms with Crippen molar-refractivity contribution in [2.75, 3.05) is 0 Å². The van der Waals surface area contributed by atoms with Gasteiger partial charge in [0.05, 0.1) is 16.7 Å². The third kappa shape index (κ3) is 3.02. The molecule has 3 aromatic carbocycles. The third-order valence-electron chi connectivity index (χ3n) is 5.69. The summed E-state index contributed by atoms with van der Waals surface area (Å²) in [5.74, 6) is 0.623. The Bertz CT molecular complexity index is 1230. The van der Waals surface area contributed by atoms with Crippen LogP contribution in [0.25, 0.3) is 6.08 Å². The minimum Gasteiger partial charge on any atom is -0.439 e. The lowest BCUT2D eigenvalue weighted by molar-refractivity contribution is -0.127. The van der Waals surface area contributed by atoms with Crippen molar-refractivity contribution in [3.8, 4) is 5.75 Å². The minimum absolute atomic E-state index is 0.0102. The van der Waals surface area contributed by atoms with Gasteiger partial charge in [-0.2, -0.15) is 5.10 Å². The molecule has 152 valence electrons. The number of carbonyl (C=O) groups excluding carboxylic acids is 1. The summed E-state index contributed by atoms with van der Waals surface area (Å²) in [6.45, 7) is 0. The number of carbonyl (C=O) groups is 1. The molecule has 0 aromatic heterocycles. The molecule has 2 atom stereocenters. The Morgan fingerprint density at radius 3 is 2.52 bits per heavy atom. The van der Waals surface area contributed by atoms with Crippen molar-refractivity contribution in [3.63, 3.8) is 0 Å². The summed E-state index contributed by atoms with van der Waals surface area (Å²) in [5.41, 5.74) is 4.12. The maximum Gasteiger partial charge on any atom is 0.336 e. The number of hydrogen-bond acceptors (Lipinski definition) is 5. The molecule has 3 aliphatic rings. The van der Waals surface area contributed by atoms with Crippen LogP contribution >= 0.6 is 11.8 Å². The number of thioether (sulfide) groups is 1. The lowest BCUT2D eigenvalue weighted by Crippen LogP contribution is -2.58. The lowest BCUT2D eigenvalue weighted by Gasteiger charge is -2.43. The van der Waals surface area contributed by atoms with Crippen LogP contribution in [0, 0.1) is 0 Å². The zero-order valence-corrected chi connectivity index (χ0v) is 17.4. The predicted molar refractivity (Wildman–Crippen MR) is 122 cm³/mol. The van der Waals surface area contributed by atoms with Crippen LogP contribution in [0.15, 0.2) is 94.9 Å². The second-order valence-electron chi connectivity index (χ2n) is 7.67. The van der Waals surface area contributed by atoms with E-state index in [9.17, 15) is 4.79 Å². The van der Waals surface area contributed by atoms with E-state index in [0.717, 1.165) is 34.6 Å². The van der Waals surface area contributed by atoms with E-state index in [1.54, 1.807) is 0 Å². The molecule has 31 heavy (non-hydrogen) atoms. The third-order valence-corrected chi connectivity index (χ3v) is 6.86. The van der Waals surface area contributed by atoms with Crippen molar-refractivity contribution in [1.29, 1.82) is 0 Å². The summed E-state index contributed by atoms with van der Waals surface area (Å²) in [7, 11) is 0. The molecule has 6 rings (SSSR count). The largest absolute Gasteiger partial charge is 0.439 e. The second kappa shape index (κ2) is 7.03. The maximum absolute atomic E-state index is 12.9. The van der Waals surface area contributed by atoms with E-state index in [0.29, 0.717) is 4.91 Å². The van der Waals surface area contributed by atoms with Gasteiger partial charge in [-0.3, -0.25) is 10.1 Å². The Kier molecular flexibility index (Phi) is 4.14. The van der Waals surface area contributed by atoms with E-state index < -0.39 is 5.18 Å². The summed E-state index contributed by atoms with van der Waals surface area (Å²) in [5, 5.41) is 8.85. The number of ether oxygens (including phenoxy) is 1. The Morgan fingerprint density at radius 2 is 1.71 bits per heavy atom. The molecule has 3 aromatic rings. The lowest BCUT2D eigenvalue weighted by atomic mass is 9.97. The number of nitrogens with zero attached hydrogens (tertiary/aromatic N) is 2. The topological polar surface area (TPSA) is 53.9 Å². The highest BCUT2D eigenvalue weighted by Crippen LogP contribution is 2.53. The Morgan fingerprint density at radius 1 is 1.00 bits per heavy atom. The molecule has 0 unspecified atom stereocenters. The number of hydrazone groups is 1. The Hall–Kier alpha value is -3.51. The number of amides is 1. The van der Waals surface area contributed by atoms with Gasteiger partial charge in [0, 0.05) is 12.0 Å². The molecule has 1 saturated heterocycles. The molecule has 0 saturated carbocycles. The van der Waals surface area contributed by atoms with Crippen molar-refractivity contribution in [2.24, 2.45) is 5.10 Å². The van der Waals surface area contributed by atoms with Gasteiger partial charge in [-0.15, -0.1) is 0 Å². The minimum atomic E-state index is -1.10. The zero-order chi connectivity index (χ0) is 20.8. The van der Waals surface area contributed by atoms with Crippen LogP contribution in [0.1, 0.15) is 29.2 Å². The molecule has 1 amide bonds. The number of nitrogens with one attached hydrogen (secondary N) is 1. The van der Waals surface area contributed by atoms with E-state index in [-0.39, 0.29) is 11.9 Å².